The summed E-state index contributed by atoms with van der Waals surface area (Å²) in [5.41, 5.74) is 0. The van der Waals surface area contributed by atoms with Gasteiger partial charge in [0, 0.05) is 24.7 Å². The Hall–Kier alpha value is -0.740. The summed E-state index contributed by atoms with van der Waals surface area (Å²) in [7, 11) is 0. The van der Waals surface area contributed by atoms with Crippen molar-refractivity contribution in [2.24, 2.45) is 0 Å². The zero-order valence-electron chi connectivity index (χ0n) is 8.62. The quantitative estimate of drug-likeness (QED) is 0.628. The van der Waals surface area contributed by atoms with E-state index >= 15 is 0 Å². The average molecular weight is 231 g/mol. The molecule has 0 aromatic rings. The van der Waals surface area contributed by atoms with Crippen molar-refractivity contribution in [3.8, 4) is 0 Å². The fourth-order valence-electron chi connectivity index (χ4n) is 1.82. The molecule has 1 fully saturated rings. The molecule has 2 aliphatic rings. The van der Waals surface area contributed by atoms with Crippen LogP contribution in [0.25, 0.3) is 0 Å². The van der Waals surface area contributed by atoms with E-state index in [0.717, 1.165) is 18.0 Å². The van der Waals surface area contributed by atoms with E-state index in [0.29, 0.717) is 32.8 Å². The Kier molecular flexibility index (Phi) is 3.49. The van der Waals surface area contributed by atoms with E-state index in [2.05, 4.69) is 0 Å². The lowest BCUT2D eigenvalue weighted by Gasteiger charge is -2.34. The summed E-state index contributed by atoms with van der Waals surface area (Å²) >= 11 is 5.92. The van der Waals surface area contributed by atoms with Crippen molar-refractivity contribution in [3.63, 3.8) is 0 Å². The Morgan fingerprint density at radius 3 is 2.67 bits per heavy atom. The predicted octanol–water partition coefficient (Wildman–Crippen LogP) is 1.27. The summed E-state index contributed by atoms with van der Waals surface area (Å²) in [6.45, 7) is 3.99. The summed E-state index contributed by atoms with van der Waals surface area (Å²) in [5.74, 6) is 0. The number of ether oxygens (including phenoxy) is 1. The maximum Gasteiger partial charge on any atom is 0.320 e. The molecule has 0 aromatic carbocycles. The van der Waals surface area contributed by atoms with Gasteiger partial charge in [0.15, 0.2) is 0 Å². The summed E-state index contributed by atoms with van der Waals surface area (Å²) in [6.07, 6.45) is 2.83. The van der Waals surface area contributed by atoms with Crippen molar-refractivity contribution < 1.29 is 9.53 Å². The number of hydrogen-bond acceptors (Lipinski definition) is 2. The van der Waals surface area contributed by atoms with E-state index in [1.54, 1.807) is 4.90 Å². The lowest BCUT2D eigenvalue weighted by Crippen LogP contribution is -2.49. The second-order valence-electron chi connectivity index (χ2n) is 3.74. The summed E-state index contributed by atoms with van der Waals surface area (Å²) in [5, 5.41) is 0.767. The molecule has 0 N–H and O–H groups in total. The second kappa shape index (κ2) is 4.86. The molecule has 15 heavy (non-hydrogen) atoms. The smallest absolute Gasteiger partial charge is 0.320 e. The monoisotopic (exact) mass is 230 g/mol. The molecular weight excluding hydrogens is 216 g/mol. The molecule has 0 radical (unpaired) electrons. The van der Waals surface area contributed by atoms with Crippen LogP contribution in [0.1, 0.15) is 6.42 Å². The van der Waals surface area contributed by atoms with Crippen LogP contribution in [-0.2, 0) is 4.74 Å². The largest absolute Gasteiger partial charge is 0.378 e. The van der Waals surface area contributed by atoms with Gasteiger partial charge in [-0.25, -0.2) is 4.79 Å². The maximum atomic E-state index is 12.0. The van der Waals surface area contributed by atoms with Crippen LogP contribution < -0.4 is 0 Å². The molecule has 0 unspecified atom stereocenters. The van der Waals surface area contributed by atoms with Gasteiger partial charge in [0.25, 0.3) is 0 Å². The molecule has 84 valence electrons. The second-order valence-corrected chi connectivity index (χ2v) is 4.23. The highest BCUT2D eigenvalue weighted by Gasteiger charge is 2.24. The van der Waals surface area contributed by atoms with Crippen molar-refractivity contribution >= 4 is 17.6 Å². The highest BCUT2D eigenvalue weighted by atomic mass is 35.5. The molecule has 0 aromatic heterocycles. The first-order valence-corrected chi connectivity index (χ1v) is 5.61. The minimum absolute atomic E-state index is 0.0875. The number of morpholine rings is 1. The number of urea groups is 1. The van der Waals surface area contributed by atoms with Gasteiger partial charge in [-0.2, -0.15) is 0 Å². The first kappa shape index (κ1) is 10.8. The van der Waals surface area contributed by atoms with Crippen molar-refractivity contribution in [3.05, 3.63) is 11.1 Å². The van der Waals surface area contributed by atoms with Crippen LogP contribution in [0.2, 0.25) is 0 Å². The molecule has 2 amide bonds. The third kappa shape index (κ3) is 2.63. The van der Waals surface area contributed by atoms with Crippen molar-refractivity contribution in [1.29, 1.82) is 0 Å². The van der Waals surface area contributed by atoms with Gasteiger partial charge in [-0.1, -0.05) is 17.7 Å². The Morgan fingerprint density at radius 2 is 2.00 bits per heavy atom. The average Bonchev–Trinajstić information content (AvgIpc) is 2.29. The topological polar surface area (TPSA) is 32.8 Å². The van der Waals surface area contributed by atoms with Gasteiger partial charge in [0.2, 0.25) is 0 Å². The Morgan fingerprint density at radius 1 is 1.27 bits per heavy atom. The van der Waals surface area contributed by atoms with Crippen molar-refractivity contribution in [2.75, 3.05) is 39.4 Å². The highest BCUT2D eigenvalue weighted by Crippen LogP contribution is 2.15. The summed E-state index contributed by atoms with van der Waals surface area (Å²) in [4.78, 5) is 15.6. The van der Waals surface area contributed by atoms with Gasteiger partial charge in [0.1, 0.15) is 0 Å². The fourth-order valence-corrected chi connectivity index (χ4v) is 2.07. The third-order valence-electron chi connectivity index (χ3n) is 2.66. The van der Waals surface area contributed by atoms with Gasteiger partial charge >= 0.3 is 6.03 Å². The Labute approximate surface area is 94.4 Å². The molecule has 0 bridgehead atoms. The van der Waals surface area contributed by atoms with Gasteiger partial charge in [0.05, 0.1) is 19.8 Å². The number of rotatable bonds is 0. The van der Waals surface area contributed by atoms with Gasteiger partial charge in [-0.05, 0) is 6.42 Å². The zero-order valence-corrected chi connectivity index (χ0v) is 9.37. The molecule has 5 heteroatoms. The molecule has 0 saturated carbocycles. The predicted molar refractivity (Wildman–Crippen MR) is 57.9 cm³/mol. The lowest BCUT2D eigenvalue weighted by molar-refractivity contribution is 0.0440. The standard InChI is InChI=1S/C10H15ClN2O2/c11-9-2-1-3-13(8-9)10(14)12-4-6-15-7-5-12/h2H,1,3-8H2. The number of carbonyl (C=O) groups is 1. The molecule has 0 atom stereocenters. The minimum atomic E-state index is 0.0875. The van der Waals surface area contributed by atoms with E-state index in [4.69, 9.17) is 16.3 Å². The molecule has 4 nitrogen and oxygen atoms in total. The molecule has 2 aliphatic heterocycles. The number of hydrogen-bond donors (Lipinski definition) is 0. The lowest BCUT2D eigenvalue weighted by atomic mass is 10.2. The van der Waals surface area contributed by atoms with E-state index in [1.165, 1.54) is 0 Å². The van der Waals surface area contributed by atoms with Crippen LogP contribution in [0.15, 0.2) is 11.1 Å². The molecule has 0 spiro atoms. The minimum Gasteiger partial charge on any atom is -0.378 e. The van der Waals surface area contributed by atoms with E-state index in [-0.39, 0.29) is 6.03 Å². The van der Waals surface area contributed by atoms with E-state index in [9.17, 15) is 4.79 Å². The highest BCUT2D eigenvalue weighted by molar-refractivity contribution is 6.30. The molecule has 0 aliphatic carbocycles. The first-order chi connectivity index (χ1) is 7.27. The summed E-state index contributed by atoms with van der Waals surface area (Å²) in [6, 6.07) is 0.0875. The first-order valence-electron chi connectivity index (χ1n) is 5.23. The van der Waals surface area contributed by atoms with E-state index < -0.39 is 0 Å². The van der Waals surface area contributed by atoms with Crippen LogP contribution in [0.5, 0.6) is 0 Å². The SMILES string of the molecule is O=C(N1CCOCC1)N1CCC=C(Cl)C1. The van der Waals surface area contributed by atoms with E-state index in [1.807, 2.05) is 11.0 Å². The van der Waals surface area contributed by atoms with Crippen LogP contribution in [0.4, 0.5) is 4.79 Å². The normalized spacial score (nSPS) is 22.6. The maximum absolute atomic E-state index is 12.0. The van der Waals surface area contributed by atoms with Crippen LogP contribution in [0, 0.1) is 0 Å². The number of halogens is 1. The fraction of sp³-hybridized carbons (Fsp3) is 0.700. The third-order valence-corrected chi connectivity index (χ3v) is 2.93. The van der Waals surface area contributed by atoms with Crippen molar-refractivity contribution in [1.82, 2.24) is 9.80 Å². The number of amides is 2. The van der Waals surface area contributed by atoms with Gasteiger partial charge < -0.3 is 14.5 Å². The van der Waals surface area contributed by atoms with Crippen LogP contribution >= 0.6 is 11.6 Å². The van der Waals surface area contributed by atoms with Gasteiger partial charge in [-0.3, -0.25) is 0 Å². The van der Waals surface area contributed by atoms with Gasteiger partial charge in [-0.15, -0.1) is 0 Å². The molecule has 1 saturated heterocycles. The zero-order chi connectivity index (χ0) is 10.7. The van der Waals surface area contributed by atoms with Crippen LogP contribution in [-0.4, -0.2) is 55.2 Å². The summed E-state index contributed by atoms with van der Waals surface area (Å²) < 4.78 is 5.21. The molecule has 2 heterocycles. The Balaban J connectivity index is 1.92. The number of carbonyl (C=O) groups excluding carboxylic acids is 1. The number of nitrogens with zero attached hydrogens (tertiary/aromatic N) is 2. The van der Waals surface area contributed by atoms with Crippen molar-refractivity contribution in [2.45, 2.75) is 6.42 Å². The Bertz CT molecular complexity index is 275. The molecular formula is C10H15ClN2O2. The molecule has 2 rings (SSSR count). The van der Waals surface area contributed by atoms with Crippen LogP contribution in [0.3, 0.4) is 0 Å².